The number of carbonyl (C=O) groups excluding carboxylic acids is 1. The van der Waals surface area contributed by atoms with Crippen LogP contribution in [0, 0.1) is 0 Å². The average Bonchev–Trinajstić information content (AvgIpc) is 3.23. The van der Waals surface area contributed by atoms with Crippen molar-refractivity contribution in [1.29, 1.82) is 0 Å². The number of carbonyl (C=O) groups is 1. The van der Waals surface area contributed by atoms with Gasteiger partial charge in [-0.15, -0.1) is 0 Å². The van der Waals surface area contributed by atoms with E-state index in [1.165, 1.54) is 10.1 Å². The van der Waals surface area contributed by atoms with Crippen LogP contribution in [0.1, 0.15) is 15.9 Å². The maximum atomic E-state index is 12.9. The van der Waals surface area contributed by atoms with Crippen molar-refractivity contribution in [3.63, 3.8) is 0 Å². The highest BCUT2D eigenvalue weighted by Gasteiger charge is 2.26. The average molecular weight is 424 g/mol. The van der Waals surface area contributed by atoms with Crippen LogP contribution >= 0.6 is 11.5 Å². The summed E-state index contributed by atoms with van der Waals surface area (Å²) in [5.41, 5.74) is 1.74. The highest BCUT2D eigenvalue weighted by molar-refractivity contribution is 7.13. The minimum absolute atomic E-state index is 0.0875. The minimum Gasteiger partial charge on any atom is -0.481 e. The Balaban J connectivity index is 1.17. The molecule has 4 heterocycles. The van der Waals surface area contributed by atoms with Crippen molar-refractivity contribution in [1.82, 2.24) is 19.2 Å². The molecule has 1 amide bonds. The fourth-order valence-electron chi connectivity index (χ4n) is 4.26. The molecule has 0 saturated carbocycles. The number of aromatic nitrogens is 2. The summed E-state index contributed by atoms with van der Waals surface area (Å²) < 4.78 is 11.1. The molecule has 0 unspecified atom stereocenters. The molecule has 7 nitrogen and oxygen atoms in total. The molecule has 0 atom stereocenters. The molecule has 0 N–H and O–H groups in total. The van der Waals surface area contributed by atoms with Crippen LogP contribution in [-0.4, -0.2) is 78.0 Å². The number of ether oxygens (including phenoxy) is 1. The van der Waals surface area contributed by atoms with E-state index in [2.05, 4.69) is 43.4 Å². The van der Waals surface area contributed by atoms with Gasteiger partial charge in [0.25, 0.3) is 5.91 Å². The molecule has 2 aliphatic heterocycles. The molecule has 0 spiro atoms. The number of methoxy groups -OCH3 is 1. The van der Waals surface area contributed by atoms with Gasteiger partial charge in [-0.1, -0.05) is 12.1 Å². The van der Waals surface area contributed by atoms with Gasteiger partial charge in [0, 0.05) is 69.0 Å². The van der Waals surface area contributed by atoms with Gasteiger partial charge in [-0.05, 0) is 35.6 Å². The van der Waals surface area contributed by atoms with Crippen LogP contribution < -0.4 is 9.64 Å². The number of benzene rings is 1. The highest BCUT2D eigenvalue weighted by atomic mass is 32.1. The van der Waals surface area contributed by atoms with E-state index >= 15 is 0 Å². The first kappa shape index (κ1) is 19.3. The molecular formula is C22H25N5O2S. The summed E-state index contributed by atoms with van der Waals surface area (Å²) in [6, 6.07) is 10.2. The molecule has 0 aliphatic carbocycles. The summed E-state index contributed by atoms with van der Waals surface area (Å²) >= 11 is 1.57. The van der Waals surface area contributed by atoms with Gasteiger partial charge in [0.1, 0.15) is 5.82 Å². The second kappa shape index (κ2) is 8.20. The summed E-state index contributed by atoms with van der Waals surface area (Å²) in [6.07, 6.45) is 2.62. The third kappa shape index (κ3) is 3.61. The lowest BCUT2D eigenvalue weighted by Gasteiger charge is -2.36. The first-order valence-electron chi connectivity index (χ1n) is 10.4. The summed E-state index contributed by atoms with van der Waals surface area (Å²) in [4.78, 5) is 23.9. The van der Waals surface area contributed by atoms with Crippen molar-refractivity contribution < 1.29 is 9.53 Å². The Morgan fingerprint density at radius 3 is 2.77 bits per heavy atom. The van der Waals surface area contributed by atoms with Gasteiger partial charge in [0.05, 0.1) is 11.8 Å². The van der Waals surface area contributed by atoms with E-state index in [1.54, 1.807) is 30.9 Å². The summed E-state index contributed by atoms with van der Waals surface area (Å²) in [7, 11) is 1.58. The molecule has 156 valence electrons. The van der Waals surface area contributed by atoms with E-state index in [-0.39, 0.29) is 5.91 Å². The maximum Gasteiger partial charge on any atom is 0.254 e. The van der Waals surface area contributed by atoms with Crippen LogP contribution in [0.2, 0.25) is 0 Å². The number of rotatable bonds is 5. The molecule has 1 fully saturated rings. The maximum absolute atomic E-state index is 12.9. The molecule has 0 bridgehead atoms. The molecule has 3 aromatic rings. The zero-order valence-corrected chi connectivity index (χ0v) is 17.9. The Bertz CT molecular complexity index is 1060. The predicted octanol–water partition coefficient (Wildman–Crippen LogP) is 2.52. The SMILES string of the molecule is COc1cc2c(cn1)CCN(CCN1CCN(c3nsc4ccccc34)CC1)C2=O. The van der Waals surface area contributed by atoms with E-state index in [0.717, 1.165) is 69.2 Å². The van der Waals surface area contributed by atoms with E-state index in [4.69, 9.17) is 4.74 Å². The molecule has 2 aliphatic rings. The molecule has 1 saturated heterocycles. The third-order valence-electron chi connectivity index (χ3n) is 6.06. The molecule has 5 rings (SSSR count). The summed E-state index contributed by atoms with van der Waals surface area (Å²) in [5.74, 6) is 1.69. The predicted molar refractivity (Wildman–Crippen MR) is 119 cm³/mol. The van der Waals surface area contributed by atoms with Gasteiger partial charge in [0.15, 0.2) is 0 Å². The summed E-state index contributed by atoms with van der Waals surface area (Å²) in [6.45, 7) is 6.31. The van der Waals surface area contributed by atoms with Crippen LogP contribution in [0.5, 0.6) is 5.88 Å². The highest BCUT2D eigenvalue weighted by Crippen LogP contribution is 2.30. The van der Waals surface area contributed by atoms with Crippen LogP contribution in [-0.2, 0) is 6.42 Å². The Morgan fingerprint density at radius 2 is 1.93 bits per heavy atom. The first-order valence-corrected chi connectivity index (χ1v) is 11.1. The number of amides is 1. The van der Waals surface area contributed by atoms with Crippen LogP contribution in [0.3, 0.4) is 0 Å². The van der Waals surface area contributed by atoms with Gasteiger partial charge in [-0.25, -0.2) is 4.98 Å². The van der Waals surface area contributed by atoms with E-state index in [1.807, 2.05) is 4.90 Å². The number of pyridine rings is 1. The molecule has 2 aromatic heterocycles. The lowest BCUT2D eigenvalue weighted by molar-refractivity contribution is 0.0716. The number of nitrogens with zero attached hydrogens (tertiary/aromatic N) is 5. The second-order valence-corrected chi connectivity index (χ2v) is 8.56. The van der Waals surface area contributed by atoms with Crippen LogP contribution in [0.15, 0.2) is 36.5 Å². The lowest BCUT2D eigenvalue weighted by atomic mass is 10.0. The smallest absolute Gasteiger partial charge is 0.254 e. The van der Waals surface area contributed by atoms with Gasteiger partial charge < -0.3 is 14.5 Å². The van der Waals surface area contributed by atoms with E-state index < -0.39 is 0 Å². The monoisotopic (exact) mass is 423 g/mol. The van der Waals surface area contributed by atoms with Gasteiger partial charge >= 0.3 is 0 Å². The number of piperazine rings is 1. The van der Waals surface area contributed by atoms with Crippen molar-refractivity contribution in [2.75, 3.05) is 57.8 Å². The third-order valence-corrected chi connectivity index (χ3v) is 6.87. The molecule has 0 radical (unpaired) electrons. The largest absolute Gasteiger partial charge is 0.481 e. The van der Waals surface area contributed by atoms with Crippen molar-refractivity contribution in [2.24, 2.45) is 0 Å². The van der Waals surface area contributed by atoms with E-state index in [9.17, 15) is 4.79 Å². The van der Waals surface area contributed by atoms with Crippen molar-refractivity contribution >= 4 is 33.3 Å². The normalized spacial score (nSPS) is 17.4. The molecular weight excluding hydrogens is 398 g/mol. The number of fused-ring (bicyclic) bond motifs is 2. The van der Waals surface area contributed by atoms with Gasteiger partial charge in [-0.2, -0.15) is 4.37 Å². The Morgan fingerprint density at radius 1 is 1.10 bits per heavy atom. The van der Waals surface area contributed by atoms with E-state index in [0.29, 0.717) is 5.88 Å². The Kier molecular flexibility index (Phi) is 5.26. The number of hydrogen-bond acceptors (Lipinski definition) is 7. The van der Waals surface area contributed by atoms with Crippen molar-refractivity contribution in [3.05, 3.63) is 47.7 Å². The number of hydrogen-bond donors (Lipinski definition) is 0. The van der Waals surface area contributed by atoms with Crippen LogP contribution in [0.4, 0.5) is 5.82 Å². The number of anilines is 1. The first-order chi connectivity index (χ1) is 14.7. The fourth-order valence-corrected chi connectivity index (χ4v) is 5.06. The Labute approximate surface area is 180 Å². The molecule has 30 heavy (non-hydrogen) atoms. The fraction of sp³-hybridized carbons (Fsp3) is 0.409. The van der Waals surface area contributed by atoms with Crippen LogP contribution in [0.25, 0.3) is 10.1 Å². The molecule has 8 heteroatoms. The minimum atomic E-state index is 0.0875. The molecule has 1 aromatic carbocycles. The second-order valence-electron chi connectivity index (χ2n) is 7.76. The van der Waals surface area contributed by atoms with Gasteiger partial charge in [0.2, 0.25) is 5.88 Å². The van der Waals surface area contributed by atoms with Crippen molar-refractivity contribution in [3.8, 4) is 5.88 Å². The van der Waals surface area contributed by atoms with Gasteiger partial charge in [-0.3, -0.25) is 9.69 Å². The topological polar surface area (TPSA) is 61.8 Å². The van der Waals surface area contributed by atoms with Crippen molar-refractivity contribution in [2.45, 2.75) is 6.42 Å². The Hall–Kier alpha value is -2.71. The zero-order chi connectivity index (χ0) is 20.5. The summed E-state index contributed by atoms with van der Waals surface area (Å²) in [5, 5.41) is 1.25. The quantitative estimate of drug-likeness (QED) is 0.629. The lowest BCUT2D eigenvalue weighted by Crippen LogP contribution is -2.49. The zero-order valence-electron chi connectivity index (χ0n) is 17.1. The standard InChI is InChI=1S/C22H25N5O2S/c1-29-20-14-18-16(15-23-20)6-7-27(22(18)28)13-10-25-8-11-26(12-9-25)21-17-4-2-3-5-19(17)30-24-21/h2-5,14-15H,6-13H2,1H3.